The van der Waals surface area contributed by atoms with E-state index in [1.54, 1.807) is 4.90 Å². The van der Waals surface area contributed by atoms with Gasteiger partial charge in [-0.2, -0.15) is 5.26 Å². The number of carbonyl (C=O) groups is 1. The molecule has 1 aliphatic rings. The Bertz CT molecular complexity index is 478. The summed E-state index contributed by atoms with van der Waals surface area (Å²) < 4.78 is 0. The van der Waals surface area contributed by atoms with Crippen molar-refractivity contribution < 1.29 is 4.79 Å². The first-order valence-electron chi connectivity index (χ1n) is 7.00. The highest BCUT2D eigenvalue weighted by atomic mass is 35.5. The van der Waals surface area contributed by atoms with Crippen LogP contribution in [0.2, 0.25) is 0 Å². The molecule has 2 N–H and O–H groups in total. The zero-order valence-electron chi connectivity index (χ0n) is 12.3. The number of amides is 1. The molecular formula is C15H22Cl2N4O. The minimum absolute atomic E-state index is 0. The summed E-state index contributed by atoms with van der Waals surface area (Å²) >= 11 is 0. The number of nitriles is 1. The number of benzene rings is 1. The Morgan fingerprint density at radius 1 is 1.27 bits per heavy atom. The van der Waals surface area contributed by atoms with E-state index in [1.165, 1.54) is 0 Å². The van der Waals surface area contributed by atoms with Crippen molar-refractivity contribution in [2.24, 2.45) is 0 Å². The Hall–Kier alpha value is -1.48. The Labute approximate surface area is 143 Å². The van der Waals surface area contributed by atoms with E-state index in [9.17, 15) is 4.79 Å². The molecule has 0 radical (unpaired) electrons. The van der Waals surface area contributed by atoms with Crippen molar-refractivity contribution in [1.29, 1.82) is 5.26 Å². The minimum atomic E-state index is -0.230. The monoisotopic (exact) mass is 344 g/mol. The van der Waals surface area contributed by atoms with E-state index < -0.39 is 0 Å². The molecule has 0 unspecified atom stereocenters. The molecule has 1 saturated heterocycles. The van der Waals surface area contributed by atoms with Crippen molar-refractivity contribution >= 4 is 36.4 Å². The average molecular weight is 345 g/mol. The highest BCUT2D eigenvalue weighted by Gasteiger charge is 2.27. The number of rotatable bonds is 6. The summed E-state index contributed by atoms with van der Waals surface area (Å²) in [4.78, 5) is 13.6. The third-order valence-electron chi connectivity index (χ3n) is 3.40. The van der Waals surface area contributed by atoms with E-state index in [2.05, 4.69) is 16.7 Å². The van der Waals surface area contributed by atoms with E-state index >= 15 is 0 Å². The summed E-state index contributed by atoms with van der Waals surface area (Å²) in [5.41, 5.74) is 1.07. The van der Waals surface area contributed by atoms with Gasteiger partial charge in [0.2, 0.25) is 5.91 Å². The third kappa shape index (κ3) is 6.10. The lowest BCUT2D eigenvalue weighted by molar-refractivity contribution is -0.130. The van der Waals surface area contributed by atoms with Gasteiger partial charge >= 0.3 is 0 Å². The molecule has 0 bridgehead atoms. The van der Waals surface area contributed by atoms with Gasteiger partial charge in [-0.1, -0.05) is 18.2 Å². The maximum Gasteiger partial charge on any atom is 0.237 e. The second-order valence-corrected chi connectivity index (χ2v) is 4.84. The van der Waals surface area contributed by atoms with E-state index in [1.807, 2.05) is 30.3 Å². The zero-order valence-corrected chi connectivity index (χ0v) is 14.0. The second-order valence-electron chi connectivity index (χ2n) is 4.84. The van der Waals surface area contributed by atoms with Crippen LogP contribution in [-0.2, 0) is 4.79 Å². The van der Waals surface area contributed by atoms with E-state index in [-0.39, 0.29) is 36.8 Å². The first-order chi connectivity index (χ1) is 9.81. The summed E-state index contributed by atoms with van der Waals surface area (Å²) in [6.45, 7) is 2.49. The van der Waals surface area contributed by atoms with Gasteiger partial charge in [0.15, 0.2) is 0 Å². The molecule has 122 valence electrons. The number of para-hydroxylation sites is 1. The molecule has 1 atom stereocenters. The first kappa shape index (κ1) is 20.5. The fourth-order valence-electron chi connectivity index (χ4n) is 2.35. The fourth-order valence-corrected chi connectivity index (χ4v) is 2.35. The van der Waals surface area contributed by atoms with Gasteiger partial charge in [0.25, 0.3) is 0 Å². The largest absolute Gasteiger partial charge is 0.384 e. The van der Waals surface area contributed by atoms with Crippen LogP contribution in [0.15, 0.2) is 30.3 Å². The van der Waals surface area contributed by atoms with Gasteiger partial charge in [0, 0.05) is 25.3 Å². The van der Waals surface area contributed by atoms with Gasteiger partial charge in [0.05, 0.1) is 12.6 Å². The van der Waals surface area contributed by atoms with Crippen LogP contribution in [0.4, 0.5) is 5.69 Å². The molecule has 1 aromatic carbocycles. The van der Waals surface area contributed by atoms with Crippen molar-refractivity contribution in [3.05, 3.63) is 30.3 Å². The summed E-state index contributed by atoms with van der Waals surface area (Å²) in [7, 11) is 0. The van der Waals surface area contributed by atoms with E-state index in [4.69, 9.17) is 5.26 Å². The lowest BCUT2D eigenvalue weighted by Crippen LogP contribution is -2.41. The van der Waals surface area contributed by atoms with Crippen LogP contribution in [0, 0.1) is 11.3 Å². The maximum absolute atomic E-state index is 11.9. The van der Waals surface area contributed by atoms with Gasteiger partial charge < -0.3 is 15.5 Å². The number of hydrogen-bond donors (Lipinski definition) is 2. The van der Waals surface area contributed by atoms with Gasteiger partial charge in [-0.25, -0.2) is 0 Å². The van der Waals surface area contributed by atoms with Crippen molar-refractivity contribution in [2.75, 3.05) is 31.5 Å². The van der Waals surface area contributed by atoms with E-state index in [0.717, 1.165) is 25.1 Å². The third-order valence-corrected chi connectivity index (χ3v) is 3.40. The van der Waals surface area contributed by atoms with Crippen molar-refractivity contribution in [3.63, 3.8) is 0 Å². The topological polar surface area (TPSA) is 68.2 Å². The lowest BCUT2D eigenvalue weighted by Gasteiger charge is -2.19. The number of likely N-dealkylation sites (tertiary alicyclic amines) is 1. The molecule has 0 spiro atoms. The van der Waals surface area contributed by atoms with E-state index in [0.29, 0.717) is 19.6 Å². The molecule has 1 amide bonds. The van der Waals surface area contributed by atoms with Crippen molar-refractivity contribution in [3.8, 4) is 6.07 Å². The molecule has 1 aromatic rings. The smallest absolute Gasteiger partial charge is 0.237 e. The van der Waals surface area contributed by atoms with Crippen molar-refractivity contribution in [1.82, 2.24) is 10.2 Å². The highest BCUT2D eigenvalue weighted by Crippen LogP contribution is 2.15. The molecule has 0 saturated carbocycles. The van der Waals surface area contributed by atoms with Crippen molar-refractivity contribution in [2.45, 2.75) is 18.9 Å². The maximum atomic E-state index is 11.9. The van der Waals surface area contributed by atoms with Crippen LogP contribution in [0.1, 0.15) is 12.8 Å². The van der Waals surface area contributed by atoms with Crippen LogP contribution in [0.3, 0.4) is 0 Å². The number of anilines is 1. The molecule has 22 heavy (non-hydrogen) atoms. The quantitative estimate of drug-likeness (QED) is 0.775. The summed E-state index contributed by atoms with van der Waals surface area (Å²) in [6, 6.07) is 11.9. The van der Waals surface area contributed by atoms with Gasteiger partial charge in [-0.3, -0.25) is 4.79 Å². The molecule has 2 rings (SSSR count). The van der Waals surface area contributed by atoms with Gasteiger partial charge in [-0.05, 0) is 25.0 Å². The number of halogens is 2. The Morgan fingerprint density at radius 2 is 2.00 bits per heavy atom. The number of carbonyl (C=O) groups excluding carboxylic acids is 1. The Balaban J connectivity index is 0.00000220. The molecular weight excluding hydrogens is 323 g/mol. The van der Waals surface area contributed by atoms with Gasteiger partial charge in [0.1, 0.15) is 6.04 Å². The molecule has 0 aromatic heterocycles. The number of nitrogens with one attached hydrogen (secondary N) is 2. The number of hydrogen-bond acceptors (Lipinski definition) is 4. The fraction of sp³-hybridized carbons (Fsp3) is 0.467. The van der Waals surface area contributed by atoms with Crippen LogP contribution in [0.5, 0.6) is 0 Å². The summed E-state index contributed by atoms with van der Waals surface area (Å²) in [5, 5.41) is 15.3. The summed E-state index contributed by atoms with van der Waals surface area (Å²) in [6.07, 6.45) is 1.73. The Kier molecular flexibility index (Phi) is 10.4. The summed E-state index contributed by atoms with van der Waals surface area (Å²) in [5.74, 6) is 0.0220. The van der Waals surface area contributed by atoms with Crippen LogP contribution in [-0.4, -0.2) is 43.0 Å². The molecule has 0 aliphatic carbocycles. The molecule has 1 aliphatic heterocycles. The highest BCUT2D eigenvalue weighted by molar-refractivity contribution is 5.85. The second kappa shape index (κ2) is 11.1. The molecule has 1 fully saturated rings. The SMILES string of the molecule is Cl.Cl.N#C[C@@H]1CCCN1C(=O)CNCCNc1ccccc1. The van der Waals surface area contributed by atoms with Crippen LogP contribution in [0.25, 0.3) is 0 Å². The minimum Gasteiger partial charge on any atom is -0.384 e. The predicted octanol–water partition coefficient (Wildman–Crippen LogP) is 2.05. The Morgan fingerprint density at radius 3 is 2.68 bits per heavy atom. The lowest BCUT2D eigenvalue weighted by atomic mass is 10.2. The normalized spacial score (nSPS) is 16.1. The average Bonchev–Trinajstić information content (AvgIpc) is 2.96. The predicted molar refractivity (Wildman–Crippen MR) is 92.6 cm³/mol. The molecule has 1 heterocycles. The molecule has 7 heteroatoms. The number of nitrogens with zero attached hydrogens (tertiary/aromatic N) is 2. The first-order valence-corrected chi connectivity index (χ1v) is 7.00. The van der Waals surface area contributed by atoms with Crippen LogP contribution >= 0.6 is 24.8 Å². The van der Waals surface area contributed by atoms with Gasteiger partial charge in [-0.15, -0.1) is 24.8 Å². The van der Waals surface area contributed by atoms with Crippen LogP contribution < -0.4 is 10.6 Å². The standard InChI is InChI=1S/C15H20N4O.2ClH/c16-11-14-7-4-10-19(14)15(20)12-17-8-9-18-13-5-2-1-3-6-13;;/h1-3,5-6,14,17-18H,4,7-10,12H2;2*1H/t14-;;/m0../s1. The molecule has 5 nitrogen and oxygen atoms in total. The zero-order chi connectivity index (χ0) is 14.2.